The molecule has 0 spiro atoms. The number of anilines is 1. The van der Waals surface area contributed by atoms with E-state index in [1.165, 1.54) is 11.8 Å². The van der Waals surface area contributed by atoms with E-state index in [0.29, 0.717) is 6.54 Å². The number of aromatic nitrogens is 1. The highest BCUT2D eigenvalue weighted by molar-refractivity contribution is 8.13. The van der Waals surface area contributed by atoms with Crippen molar-refractivity contribution in [2.45, 2.75) is 6.92 Å². The van der Waals surface area contributed by atoms with Crippen LogP contribution in [0.25, 0.3) is 21.8 Å². The normalized spacial score (nSPS) is 10.9. The number of benzene rings is 2. The number of hydrogen-bond acceptors (Lipinski definition) is 3. The van der Waals surface area contributed by atoms with Crippen LogP contribution >= 0.6 is 11.8 Å². The van der Waals surface area contributed by atoms with Gasteiger partial charge >= 0.3 is 0 Å². The predicted octanol–water partition coefficient (Wildman–Crippen LogP) is 5.17. The van der Waals surface area contributed by atoms with Crippen molar-refractivity contribution in [1.82, 2.24) is 4.98 Å². The van der Waals surface area contributed by atoms with E-state index in [4.69, 9.17) is 4.98 Å². The first-order chi connectivity index (χ1) is 11.2. The van der Waals surface area contributed by atoms with Crippen molar-refractivity contribution in [3.05, 3.63) is 60.7 Å². The lowest BCUT2D eigenvalue weighted by atomic mass is 10.1. The largest absolute Gasteiger partial charge is 0.298 e. The minimum absolute atomic E-state index is 0.00290. The van der Waals surface area contributed by atoms with Crippen LogP contribution in [0.4, 0.5) is 10.5 Å². The van der Waals surface area contributed by atoms with E-state index in [-0.39, 0.29) is 5.24 Å². The molecule has 2 aromatic carbocycles. The van der Waals surface area contributed by atoms with E-state index in [0.717, 1.165) is 33.1 Å². The molecule has 3 nitrogen and oxygen atoms in total. The van der Waals surface area contributed by atoms with Gasteiger partial charge in [0.1, 0.15) is 0 Å². The van der Waals surface area contributed by atoms with Crippen LogP contribution in [0.3, 0.4) is 0 Å². The number of carbonyl (C=O) groups excluding carboxylic acids is 1. The highest BCUT2D eigenvalue weighted by Crippen LogP contribution is 2.35. The number of fused-ring (bicyclic) bond motifs is 2. The number of carbonyl (C=O) groups is 1. The molecule has 1 aromatic heterocycles. The molecule has 0 fully saturated rings. The third kappa shape index (κ3) is 2.82. The summed E-state index contributed by atoms with van der Waals surface area (Å²) in [4.78, 5) is 19.0. The van der Waals surface area contributed by atoms with Gasteiger partial charge < -0.3 is 0 Å². The molecule has 4 heteroatoms. The maximum Gasteiger partial charge on any atom is 0.286 e. The standard InChI is InChI=1S/C19H18N2OS/c1-4-11-21(19(22)23-3)18-14-7-5-6-8-16(14)20-17-12-13(2)9-10-15(17)18/h4-10,12H,1,11H2,2-3H3. The Labute approximate surface area is 140 Å². The molecule has 3 rings (SSSR count). The fraction of sp³-hybridized carbons (Fsp3) is 0.158. The summed E-state index contributed by atoms with van der Waals surface area (Å²) in [6.07, 6.45) is 3.55. The van der Waals surface area contributed by atoms with Crippen LogP contribution in [-0.4, -0.2) is 23.0 Å². The fourth-order valence-electron chi connectivity index (χ4n) is 2.77. The van der Waals surface area contributed by atoms with Gasteiger partial charge in [0.2, 0.25) is 0 Å². The molecule has 0 atom stereocenters. The van der Waals surface area contributed by atoms with Gasteiger partial charge in [-0.25, -0.2) is 4.98 Å². The average molecular weight is 322 g/mol. The van der Waals surface area contributed by atoms with Crippen molar-refractivity contribution >= 4 is 44.5 Å². The second kappa shape index (κ2) is 6.42. The monoisotopic (exact) mass is 322 g/mol. The van der Waals surface area contributed by atoms with Gasteiger partial charge in [-0.1, -0.05) is 48.2 Å². The topological polar surface area (TPSA) is 33.2 Å². The molecule has 0 saturated carbocycles. The molecule has 116 valence electrons. The minimum Gasteiger partial charge on any atom is -0.298 e. The number of hydrogen-bond donors (Lipinski definition) is 0. The van der Waals surface area contributed by atoms with Crippen LogP contribution < -0.4 is 4.90 Å². The van der Waals surface area contributed by atoms with Crippen LogP contribution in [0.5, 0.6) is 0 Å². The van der Waals surface area contributed by atoms with Gasteiger partial charge in [0.25, 0.3) is 5.24 Å². The third-order valence-electron chi connectivity index (χ3n) is 3.79. The van der Waals surface area contributed by atoms with E-state index in [1.54, 1.807) is 17.2 Å². The second-order valence-electron chi connectivity index (χ2n) is 5.37. The summed E-state index contributed by atoms with van der Waals surface area (Å²) < 4.78 is 0. The second-order valence-corrected chi connectivity index (χ2v) is 6.12. The number of amides is 1. The first-order valence-electron chi connectivity index (χ1n) is 7.41. The predicted molar refractivity (Wildman–Crippen MR) is 100 cm³/mol. The van der Waals surface area contributed by atoms with Gasteiger partial charge in [-0.2, -0.15) is 0 Å². The quantitative estimate of drug-likeness (QED) is 0.492. The smallest absolute Gasteiger partial charge is 0.286 e. The van der Waals surface area contributed by atoms with Crippen molar-refractivity contribution in [2.24, 2.45) is 0 Å². The maximum atomic E-state index is 12.5. The molecule has 0 aliphatic rings. The average Bonchev–Trinajstić information content (AvgIpc) is 2.57. The summed E-state index contributed by atoms with van der Waals surface area (Å²) in [5.41, 5.74) is 3.85. The van der Waals surface area contributed by atoms with Crippen LogP contribution in [0.15, 0.2) is 55.1 Å². The van der Waals surface area contributed by atoms with E-state index in [9.17, 15) is 4.79 Å². The zero-order valence-corrected chi connectivity index (χ0v) is 14.1. The van der Waals surface area contributed by atoms with Gasteiger partial charge in [0.05, 0.1) is 16.7 Å². The SMILES string of the molecule is C=CCN(C(=O)SC)c1c2ccccc2nc2cc(C)ccc12. The Morgan fingerprint density at radius 3 is 2.70 bits per heavy atom. The number of para-hydroxylation sites is 1. The molecule has 1 heterocycles. The molecule has 3 aromatic rings. The molecule has 23 heavy (non-hydrogen) atoms. The lowest BCUT2D eigenvalue weighted by molar-refractivity contribution is 0.265. The summed E-state index contributed by atoms with van der Waals surface area (Å²) >= 11 is 1.21. The molecular formula is C19H18N2OS. The number of rotatable bonds is 3. The Morgan fingerprint density at radius 1 is 1.22 bits per heavy atom. The minimum atomic E-state index is 0.00290. The van der Waals surface area contributed by atoms with Crippen molar-refractivity contribution < 1.29 is 4.79 Å². The molecule has 0 N–H and O–H groups in total. The Kier molecular flexibility index (Phi) is 4.35. The van der Waals surface area contributed by atoms with Crippen molar-refractivity contribution in [3.8, 4) is 0 Å². The number of thioether (sulfide) groups is 1. The highest BCUT2D eigenvalue weighted by atomic mass is 32.2. The van der Waals surface area contributed by atoms with Gasteiger partial charge in [-0.3, -0.25) is 9.69 Å². The van der Waals surface area contributed by atoms with Gasteiger partial charge in [0.15, 0.2) is 0 Å². The maximum absolute atomic E-state index is 12.5. The summed E-state index contributed by atoms with van der Waals surface area (Å²) in [5, 5.41) is 1.97. The molecule has 0 aliphatic carbocycles. The Bertz CT molecular complexity index is 904. The van der Waals surface area contributed by atoms with Crippen LogP contribution in [0.1, 0.15) is 5.56 Å². The summed E-state index contributed by atoms with van der Waals surface area (Å²) in [7, 11) is 0. The highest BCUT2D eigenvalue weighted by Gasteiger charge is 2.19. The molecule has 0 saturated heterocycles. The first-order valence-corrected chi connectivity index (χ1v) is 8.63. The van der Waals surface area contributed by atoms with Crippen molar-refractivity contribution in [1.29, 1.82) is 0 Å². The number of pyridine rings is 1. The van der Waals surface area contributed by atoms with E-state index >= 15 is 0 Å². The zero-order chi connectivity index (χ0) is 16.4. The number of nitrogens with zero attached hydrogens (tertiary/aromatic N) is 2. The summed E-state index contributed by atoms with van der Waals surface area (Å²) in [6, 6.07) is 14.1. The lowest BCUT2D eigenvalue weighted by Gasteiger charge is -2.23. The molecular weight excluding hydrogens is 304 g/mol. The third-order valence-corrected chi connectivity index (χ3v) is 4.35. The number of aryl methyl sites for hydroxylation is 1. The van der Waals surface area contributed by atoms with Crippen LogP contribution in [0, 0.1) is 6.92 Å². The fourth-order valence-corrected chi connectivity index (χ4v) is 3.15. The Morgan fingerprint density at radius 2 is 1.96 bits per heavy atom. The molecule has 0 aliphatic heterocycles. The molecule has 0 radical (unpaired) electrons. The van der Waals surface area contributed by atoms with Crippen molar-refractivity contribution in [3.63, 3.8) is 0 Å². The van der Waals surface area contributed by atoms with Crippen LogP contribution in [-0.2, 0) is 0 Å². The van der Waals surface area contributed by atoms with E-state index < -0.39 is 0 Å². The van der Waals surface area contributed by atoms with E-state index in [1.807, 2.05) is 37.3 Å². The lowest BCUT2D eigenvalue weighted by Crippen LogP contribution is -2.27. The summed E-state index contributed by atoms with van der Waals surface area (Å²) in [6.45, 7) is 6.31. The molecule has 0 bridgehead atoms. The van der Waals surface area contributed by atoms with Gasteiger partial charge in [-0.15, -0.1) is 6.58 Å². The Hall–Kier alpha value is -2.33. The summed E-state index contributed by atoms with van der Waals surface area (Å²) in [5.74, 6) is 0. The Balaban J connectivity index is 2.41. The van der Waals surface area contributed by atoms with Crippen LogP contribution in [0.2, 0.25) is 0 Å². The van der Waals surface area contributed by atoms with Gasteiger partial charge in [-0.05, 0) is 30.9 Å². The van der Waals surface area contributed by atoms with Gasteiger partial charge in [0, 0.05) is 17.3 Å². The molecule has 1 amide bonds. The zero-order valence-electron chi connectivity index (χ0n) is 13.2. The molecule has 0 unspecified atom stereocenters. The first kappa shape index (κ1) is 15.6. The van der Waals surface area contributed by atoms with Crippen molar-refractivity contribution in [2.75, 3.05) is 17.7 Å². The van der Waals surface area contributed by atoms with E-state index in [2.05, 4.69) is 18.7 Å².